The van der Waals surface area contributed by atoms with Gasteiger partial charge in [0.1, 0.15) is 5.82 Å². The number of halogens is 1. The van der Waals surface area contributed by atoms with Crippen molar-refractivity contribution in [3.05, 3.63) is 94.9 Å². The Kier molecular flexibility index (Phi) is 7.41. The van der Waals surface area contributed by atoms with E-state index in [-0.39, 0.29) is 29.5 Å². The standard InChI is InChI=1S/C33H31FN4O4/c34-23-12-9-21(10-13-23)30-27(7-3-4-8-29(39)40)36-28-19-22(11-14-26(28)37-30)32(42)38-17-15-33(16-18-38)20-35-31(41)24-5-1-2-6-25(24)33/h1-2,5-6,9-14,19H,3-4,7-8,15-18,20H2,(H,35,41)(H,39,40). The average molecular weight is 567 g/mol. The zero-order valence-corrected chi connectivity index (χ0v) is 23.1. The molecular weight excluding hydrogens is 535 g/mol. The predicted molar refractivity (Wildman–Crippen MR) is 156 cm³/mol. The van der Waals surface area contributed by atoms with Gasteiger partial charge in [-0.1, -0.05) is 18.2 Å². The molecule has 42 heavy (non-hydrogen) atoms. The molecule has 0 bridgehead atoms. The van der Waals surface area contributed by atoms with Crippen LogP contribution in [0.3, 0.4) is 0 Å². The van der Waals surface area contributed by atoms with Gasteiger partial charge >= 0.3 is 5.97 Å². The van der Waals surface area contributed by atoms with Crippen LogP contribution in [-0.4, -0.2) is 57.4 Å². The molecule has 0 atom stereocenters. The van der Waals surface area contributed by atoms with Gasteiger partial charge in [0.05, 0.1) is 22.4 Å². The summed E-state index contributed by atoms with van der Waals surface area (Å²) in [7, 11) is 0. The molecule has 2 N–H and O–H groups in total. The number of aryl methyl sites for hydroxylation is 1. The van der Waals surface area contributed by atoms with Gasteiger partial charge in [-0.05, 0) is 86.2 Å². The Labute approximate surface area is 242 Å². The minimum Gasteiger partial charge on any atom is -0.481 e. The summed E-state index contributed by atoms with van der Waals surface area (Å²) in [5.74, 6) is -1.31. The third-order valence-electron chi connectivity index (χ3n) is 8.49. The average Bonchev–Trinajstić information content (AvgIpc) is 3.01. The lowest BCUT2D eigenvalue weighted by Gasteiger charge is -2.45. The van der Waals surface area contributed by atoms with Crippen LogP contribution >= 0.6 is 0 Å². The molecule has 0 unspecified atom stereocenters. The molecular formula is C33H31FN4O4. The van der Waals surface area contributed by atoms with Crippen LogP contribution in [0.25, 0.3) is 22.3 Å². The lowest BCUT2D eigenvalue weighted by Crippen LogP contribution is -2.53. The number of unbranched alkanes of at least 4 members (excludes halogenated alkanes) is 1. The first kappa shape index (κ1) is 27.5. The van der Waals surface area contributed by atoms with Crippen LogP contribution in [0, 0.1) is 5.82 Å². The van der Waals surface area contributed by atoms with Gasteiger partial charge in [0.2, 0.25) is 0 Å². The highest BCUT2D eigenvalue weighted by molar-refractivity contribution is 5.98. The van der Waals surface area contributed by atoms with E-state index in [0.717, 1.165) is 29.5 Å². The number of rotatable bonds is 7. The number of carbonyl (C=O) groups excluding carboxylic acids is 2. The number of aliphatic carboxylic acids is 1. The maximum absolute atomic E-state index is 13.6. The summed E-state index contributed by atoms with van der Waals surface area (Å²) in [6.07, 6.45) is 3.20. The topological polar surface area (TPSA) is 112 Å². The molecule has 1 saturated heterocycles. The molecule has 9 heteroatoms. The van der Waals surface area contributed by atoms with E-state index in [1.54, 1.807) is 30.3 Å². The largest absolute Gasteiger partial charge is 0.481 e. The Morgan fingerprint density at radius 3 is 2.48 bits per heavy atom. The number of nitrogens with zero attached hydrogens (tertiary/aromatic N) is 3. The second-order valence-corrected chi connectivity index (χ2v) is 11.1. The van der Waals surface area contributed by atoms with E-state index >= 15 is 0 Å². The van der Waals surface area contributed by atoms with Crippen molar-refractivity contribution in [1.82, 2.24) is 20.2 Å². The first-order valence-corrected chi connectivity index (χ1v) is 14.3. The van der Waals surface area contributed by atoms with Crippen molar-refractivity contribution in [3.8, 4) is 11.3 Å². The minimum atomic E-state index is -0.845. The van der Waals surface area contributed by atoms with Crippen molar-refractivity contribution in [2.75, 3.05) is 19.6 Å². The molecule has 1 fully saturated rings. The van der Waals surface area contributed by atoms with E-state index in [0.29, 0.717) is 66.9 Å². The monoisotopic (exact) mass is 566 g/mol. The molecule has 2 amide bonds. The lowest BCUT2D eigenvalue weighted by atomic mass is 9.69. The number of aromatic nitrogens is 2. The predicted octanol–water partition coefficient (Wildman–Crippen LogP) is 5.15. The molecule has 1 aromatic heterocycles. The van der Waals surface area contributed by atoms with Crippen molar-refractivity contribution in [2.45, 2.75) is 43.9 Å². The van der Waals surface area contributed by atoms with Crippen LogP contribution in [0.15, 0.2) is 66.7 Å². The maximum Gasteiger partial charge on any atom is 0.303 e. The van der Waals surface area contributed by atoms with Crippen molar-refractivity contribution >= 4 is 28.8 Å². The summed E-state index contributed by atoms with van der Waals surface area (Å²) < 4.78 is 13.6. The van der Waals surface area contributed by atoms with Gasteiger partial charge in [-0.3, -0.25) is 14.4 Å². The second-order valence-electron chi connectivity index (χ2n) is 11.1. The number of likely N-dealkylation sites (tertiary alicyclic amines) is 1. The Morgan fingerprint density at radius 2 is 1.71 bits per heavy atom. The van der Waals surface area contributed by atoms with Gasteiger partial charge in [-0.25, -0.2) is 14.4 Å². The van der Waals surface area contributed by atoms with Crippen molar-refractivity contribution in [1.29, 1.82) is 0 Å². The van der Waals surface area contributed by atoms with E-state index in [1.165, 1.54) is 12.1 Å². The molecule has 8 nitrogen and oxygen atoms in total. The first-order chi connectivity index (χ1) is 20.3. The summed E-state index contributed by atoms with van der Waals surface area (Å²) in [6.45, 7) is 1.72. The number of carboxylic acids is 1. The Bertz CT molecular complexity index is 1680. The zero-order chi connectivity index (χ0) is 29.3. The van der Waals surface area contributed by atoms with E-state index in [4.69, 9.17) is 15.1 Å². The van der Waals surface area contributed by atoms with Gasteiger partial charge in [-0.2, -0.15) is 0 Å². The third kappa shape index (κ3) is 5.34. The van der Waals surface area contributed by atoms with Gasteiger partial charge < -0.3 is 15.3 Å². The number of amides is 2. The van der Waals surface area contributed by atoms with Crippen LogP contribution < -0.4 is 5.32 Å². The highest BCUT2D eigenvalue weighted by Gasteiger charge is 2.42. The summed E-state index contributed by atoms with van der Waals surface area (Å²) in [6, 6.07) is 19.1. The van der Waals surface area contributed by atoms with Crippen LogP contribution in [0.5, 0.6) is 0 Å². The third-order valence-corrected chi connectivity index (χ3v) is 8.49. The number of carbonyl (C=O) groups is 3. The Hall–Kier alpha value is -4.66. The molecule has 0 radical (unpaired) electrons. The molecule has 214 valence electrons. The SMILES string of the molecule is O=C(O)CCCCc1nc2cc(C(=O)N3CCC4(CC3)CNC(=O)c3ccccc34)ccc2nc1-c1ccc(F)cc1. The van der Waals surface area contributed by atoms with E-state index < -0.39 is 5.97 Å². The smallest absolute Gasteiger partial charge is 0.303 e. The summed E-state index contributed by atoms with van der Waals surface area (Å²) in [5, 5.41) is 12.0. The number of nitrogens with one attached hydrogen (secondary N) is 1. The number of hydrogen-bond acceptors (Lipinski definition) is 5. The second kappa shape index (κ2) is 11.3. The normalized spacial score (nSPS) is 15.8. The number of carboxylic acid groups (broad SMARTS) is 1. The Morgan fingerprint density at radius 1 is 0.952 bits per heavy atom. The lowest BCUT2D eigenvalue weighted by molar-refractivity contribution is -0.137. The first-order valence-electron chi connectivity index (χ1n) is 14.3. The molecule has 6 rings (SSSR count). The fourth-order valence-electron chi connectivity index (χ4n) is 6.16. The molecule has 1 spiro atoms. The van der Waals surface area contributed by atoms with Crippen molar-refractivity contribution in [2.24, 2.45) is 0 Å². The summed E-state index contributed by atoms with van der Waals surface area (Å²) in [5.41, 5.74) is 5.36. The number of fused-ring (bicyclic) bond motifs is 3. The van der Waals surface area contributed by atoms with Crippen LogP contribution in [0.4, 0.5) is 4.39 Å². The van der Waals surface area contributed by atoms with E-state index in [1.807, 2.05) is 29.2 Å². The highest BCUT2D eigenvalue weighted by Crippen LogP contribution is 2.39. The van der Waals surface area contributed by atoms with Gasteiger partial charge in [-0.15, -0.1) is 0 Å². The number of benzene rings is 3. The van der Waals surface area contributed by atoms with Crippen LogP contribution in [0.2, 0.25) is 0 Å². The van der Waals surface area contributed by atoms with E-state index in [2.05, 4.69) is 5.32 Å². The van der Waals surface area contributed by atoms with Gasteiger partial charge in [0.25, 0.3) is 11.8 Å². The molecule has 2 aliphatic heterocycles. The summed E-state index contributed by atoms with van der Waals surface area (Å²) >= 11 is 0. The molecule has 2 aliphatic rings. The Balaban J connectivity index is 1.24. The van der Waals surface area contributed by atoms with Crippen LogP contribution in [-0.2, 0) is 16.6 Å². The molecule has 0 aliphatic carbocycles. The summed E-state index contributed by atoms with van der Waals surface area (Å²) in [4.78, 5) is 48.5. The quantitative estimate of drug-likeness (QED) is 0.299. The maximum atomic E-state index is 13.6. The van der Waals surface area contributed by atoms with Gasteiger partial charge in [0, 0.05) is 48.2 Å². The minimum absolute atomic E-state index is 0.0455. The van der Waals surface area contributed by atoms with E-state index in [9.17, 15) is 18.8 Å². The molecule has 3 aromatic carbocycles. The van der Waals surface area contributed by atoms with Crippen LogP contribution in [0.1, 0.15) is 64.1 Å². The molecule has 0 saturated carbocycles. The zero-order valence-electron chi connectivity index (χ0n) is 23.1. The molecule has 3 heterocycles. The highest BCUT2D eigenvalue weighted by atomic mass is 19.1. The number of piperidine rings is 1. The van der Waals surface area contributed by atoms with Gasteiger partial charge in [0.15, 0.2) is 0 Å². The van der Waals surface area contributed by atoms with Crippen molar-refractivity contribution in [3.63, 3.8) is 0 Å². The fourth-order valence-corrected chi connectivity index (χ4v) is 6.16. The van der Waals surface area contributed by atoms with Crippen molar-refractivity contribution < 1.29 is 23.9 Å². The fraction of sp³-hybridized carbons (Fsp3) is 0.303. The molecule has 4 aromatic rings. The number of hydrogen-bond donors (Lipinski definition) is 2.